The molecule has 0 saturated heterocycles. The number of urea groups is 1. The summed E-state index contributed by atoms with van der Waals surface area (Å²) in [5.41, 5.74) is 0.625. The molecule has 0 heterocycles. The van der Waals surface area contributed by atoms with Crippen LogP contribution in [-0.2, 0) is 9.47 Å². The van der Waals surface area contributed by atoms with Crippen molar-refractivity contribution in [3.8, 4) is 0 Å². The van der Waals surface area contributed by atoms with E-state index in [2.05, 4.69) is 11.9 Å². The molecular formula is C10H20N2O3. The van der Waals surface area contributed by atoms with Gasteiger partial charge in [-0.05, 0) is 6.92 Å². The van der Waals surface area contributed by atoms with Crippen LogP contribution in [0.25, 0.3) is 0 Å². The van der Waals surface area contributed by atoms with Crippen LogP contribution in [-0.4, -0.2) is 51.5 Å². The lowest BCUT2D eigenvalue weighted by molar-refractivity contribution is 0.123. The molecule has 2 amide bonds. The van der Waals surface area contributed by atoms with Crippen LogP contribution in [0.15, 0.2) is 12.3 Å². The average molecular weight is 216 g/mol. The summed E-state index contributed by atoms with van der Waals surface area (Å²) in [6.07, 6.45) is 0. The molecule has 0 saturated carbocycles. The molecule has 0 unspecified atom stereocenters. The lowest BCUT2D eigenvalue weighted by atomic mass is 10.5. The minimum Gasteiger partial charge on any atom is -0.383 e. The first-order valence-electron chi connectivity index (χ1n) is 4.81. The van der Waals surface area contributed by atoms with Crippen LogP contribution in [0, 0.1) is 0 Å². The molecule has 0 aliphatic carbocycles. The number of nitrogens with zero attached hydrogens (tertiary/aromatic N) is 1. The van der Waals surface area contributed by atoms with Crippen molar-refractivity contribution in [3.63, 3.8) is 0 Å². The van der Waals surface area contributed by atoms with Gasteiger partial charge in [-0.15, -0.1) is 0 Å². The van der Waals surface area contributed by atoms with E-state index in [0.717, 1.165) is 0 Å². The van der Waals surface area contributed by atoms with E-state index in [1.54, 1.807) is 26.0 Å². The highest BCUT2D eigenvalue weighted by Gasteiger charge is 2.11. The lowest BCUT2D eigenvalue weighted by Crippen LogP contribution is -2.42. The van der Waals surface area contributed by atoms with Gasteiger partial charge in [0.15, 0.2) is 0 Å². The Morgan fingerprint density at radius 1 is 1.27 bits per heavy atom. The molecule has 0 spiro atoms. The van der Waals surface area contributed by atoms with Gasteiger partial charge in [-0.3, -0.25) is 0 Å². The molecule has 0 radical (unpaired) electrons. The quantitative estimate of drug-likeness (QED) is 0.685. The number of hydrogen-bond donors (Lipinski definition) is 1. The van der Waals surface area contributed by atoms with E-state index >= 15 is 0 Å². The predicted octanol–water partition coefficient (Wildman–Crippen LogP) is 0.824. The number of methoxy groups -OCH3 is 2. The molecule has 15 heavy (non-hydrogen) atoms. The number of rotatable bonds is 7. The highest BCUT2D eigenvalue weighted by atomic mass is 16.5. The Kier molecular flexibility index (Phi) is 7.67. The van der Waals surface area contributed by atoms with Crippen molar-refractivity contribution in [2.24, 2.45) is 0 Å². The van der Waals surface area contributed by atoms with Crippen molar-refractivity contribution >= 4 is 6.03 Å². The minimum atomic E-state index is -0.170. The zero-order valence-corrected chi connectivity index (χ0v) is 9.71. The van der Waals surface area contributed by atoms with Crippen molar-refractivity contribution < 1.29 is 14.3 Å². The maximum absolute atomic E-state index is 11.6. The third kappa shape index (κ3) is 6.93. The number of ether oxygens (including phenoxy) is 2. The lowest BCUT2D eigenvalue weighted by Gasteiger charge is -2.22. The average Bonchev–Trinajstić information content (AvgIpc) is 2.17. The number of carbonyl (C=O) groups is 1. The number of carbonyl (C=O) groups excluding carboxylic acids is 1. The second-order valence-electron chi connectivity index (χ2n) is 3.18. The monoisotopic (exact) mass is 216 g/mol. The SMILES string of the molecule is C=C(C)NC(=O)N(CCOC)CCOC. The van der Waals surface area contributed by atoms with Crippen molar-refractivity contribution in [2.75, 3.05) is 40.5 Å². The summed E-state index contributed by atoms with van der Waals surface area (Å²) < 4.78 is 9.85. The van der Waals surface area contributed by atoms with E-state index in [4.69, 9.17) is 9.47 Å². The minimum absolute atomic E-state index is 0.170. The van der Waals surface area contributed by atoms with Gasteiger partial charge in [-0.1, -0.05) is 6.58 Å². The van der Waals surface area contributed by atoms with Gasteiger partial charge in [-0.2, -0.15) is 0 Å². The summed E-state index contributed by atoms with van der Waals surface area (Å²) in [5.74, 6) is 0. The smallest absolute Gasteiger partial charge is 0.321 e. The van der Waals surface area contributed by atoms with Gasteiger partial charge in [0.2, 0.25) is 0 Å². The first-order chi connectivity index (χ1) is 7.11. The second-order valence-corrected chi connectivity index (χ2v) is 3.18. The maximum Gasteiger partial charge on any atom is 0.321 e. The molecule has 0 aromatic rings. The summed E-state index contributed by atoms with van der Waals surface area (Å²) in [6.45, 7) is 7.45. The fourth-order valence-corrected chi connectivity index (χ4v) is 0.979. The molecule has 0 atom stereocenters. The van der Waals surface area contributed by atoms with E-state index in [1.165, 1.54) is 0 Å². The van der Waals surface area contributed by atoms with Gasteiger partial charge in [0.25, 0.3) is 0 Å². The summed E-state index contributed by atoms with van der Waals surface area (Å²) in [5, 5.41) is 2.64. The molecule has 88 valence electrons. The molecule has 5 nitrogen and oxygen atoms in total. The summed E-state index contributed by atoms with van der Waals surface area (Å²) >= 11 is 0. The van der Waals surface area contributed by atoms with Gasteiger partial charge < -0.3 is 19.7 Å². The number of amides is 2. The Hall–Kier alpha value is -1.07. The third-order valence-corrected chi connectivity index (χ3v) is 1.74. The first kappa shape index (κ1) is 13.9. The molecular weight excluding hydrogens is 196 g/mol. The highest BCUT2D eigenvalue weighted by molar-refractivity contribution is 5.75. The third-order valence-electron chi connectivity index (χ3n) is 1.74. The van der Waals surface area contributed by atoms with Crippen LogP contribution in [0.1, 0.15) is 6.92 Å². The Bertz CT molecular complexity index is 199. The molecule has 0 fully saturated rings. The Labute approximate surface area is 91.0 Å². The van der Waals surface area contributed by atoms with Crippen molar-refractivity contribution in [2.45, 2.75) is 6.92 Å². The second kappa shape index (κ2) is 8.26. The Morgan fingerprint density at radius 2 is 1.73 bits per heavy atom. The molecule has 1 N–H and O–H groups in total. The molecule has 0 aromatic heterocycles. The standard InChI is InChI=1S/C10H20N2O3/c1-9(2)11-10(13)12(5-7-14-3)6-8-15-4/h1,5-8H2,2-4H3,(H,11,13). The van der Waals surface area contributed by atoms with Gasteiger partial charge in [-0.25, -0.2) is 4.79 Å². The van der Waals surface area contributed by atoms with Crippen molar-refractivity contribution in [1.29, 1.82) is 0 Å². The van der Waals surface area contributed by atoms with E-state index in [9.17, 15) is 4.79 Å². The number of hydrogen-bond acceptors (Lipinski definition) is 3. The van der Waals surface area contributed by atoms with Crippen LogP contribution in [0.3, 0.4) is 0 Å². The van der Waals surface area contributed by atoms with Crippen LogP contribution in [0.5, 0.6) is 0 Å². The fraction of sp³-hybridized carbons (Fsp3) is 0.700. The molecule has 0 bridgehead atoms. The van der Waals surface area contributed by atoms with Crippen LogP contribution >= 0.6 is 0 Å². The zero-order chi connectivity index (χ0) is 11.7. The molecule has 0 aromatic carbocycles. The van der Waals surface area contributed by atoms with Crippen molar-refractivity contribution in [3.05, 3.63) is 12.3 Å². The molecule has 0 aliphatic heterocycles. The summed E-state index contributed by atoms with van der Waals surface area (Å²) in [4.78, 5) is 13.2. The summed E-state index contributed by atoms with van der Waals surface area (Å²) in [7, 11) is 3.20. The number of allylic oxidation sites excluding steroid dienone is 1. The van der Waals surface area contributed by atoms with Gasteiger partial charge in [0.1, 0.15) is 0 Å². The number of nitrogens with one attached hydrogen (secondary N) is 1. The van der Waals surface area contributed by atoms with Gasteiger partial charge in [0.05, 0.1) is 13.2 Å². The van der Waals surface area contributed by atoms with E-state index < -0.39 is 0 Å². The predicted molar refractivity (Wildman–Crippen MR) is 58.7 cm³/mol. The largest absolute Gasteiger partial charge is 0.383 e. The normalized spacial score (nSPS) is 9.80. The molecule has 5 heteroatoms. The Balaban J connectivity index is 4.07. The fourth-order valence-electron chi connectivity index (χ4n) is 0.979. The van der Waals surface area contributed by atoms with Crippen LogP contribution in [0.4, 0.5) is 4.79 Å². The van der Waals surface area contributed by atoms with Crippen LogP contribution < -0.4 is 5.32 Å². The first-order valence-corrected chi connectivity index (χ1v) is 4.81. The van der Waals surface area contributed by atoms with E-state index in [1.807, 2.05) is 0 Å². The van der Waals surface area contributed by atoms with E-state index in [-0.39, 0.29) is 6.03 Å². The van der Waals surface area contributed by atoms with Gasteiger partial charge in [0, 0.05) is 33.0 Å². The maximum atomic E-state index is 11.6. The van der Waals surface area contributed by atoms with E-state index in [0.29, 0.717) is 32.0 Å². The Morgan fingerprint density at radius 3 is 2.07 bits per heavy atom. The van der Waals surface area contributed by atoms with Crippen LogP contribution in [0.2, 0.25) is 0 Å². The molecule has 0 rings (SSSR count). The highest BCUT2D eigenvalue weighted by Crippen LogP contribution is 1.92. The zero-order valence-electron chi connectivity index (χ0n) is 9.71. The topological polar surface area (TPSA) is 50.8 Å². The molecule has 0 aliphatic rings. The van der Waals surface area contributed by atoms with Crippen molar-refractivity contribution in [1.82, 2.24) is 10.2 Å². The van der Waals surface area contributed by atoms with Gasteiger partial charge >= 0.3 is 6.03 Å². The summed E-state index contributed by atoms with van der Waals surface area (Å²) in [6, 6.07) is -0.170.